The predicted octanol–water partition coefficient (Wildman–Crippen LogP) is 3.03. The van der Waals surface area contributed by atoms with E-state index in [1.54, 1.807) is 42.6 Å². The fraction of sp³-hybridized carbons (Fsp3) is 0.188. The Hall–Kier alpha value is -2.87. The van der Waals surface area contributed by atoms with E-state index in [0.717, 1.165) is 5.69 Å². The van der Waals surface area contributed by atoms with Crippen molar-refractivity contribution in [2.75, 3.05) is 10.6 Å². The number of para-hydroxylation sites is 1. The van der Waals surface area contributed by atoms with E-state index in [4.69, 9.17) is 5.26 Å². The average molecular weight is 280 g/mol. The van der Waals surface area contributed by atoms with E-state index in [-0.39, 0.29) is 5.91 Å². The second kappa shape index (κ2) is 6.53. The zero-order chi connectivity index (χ0) is 15.2. The van der Waals surface area contributed by atoms with Crippen molar-refractivity contribution in [1.82, 2.24) is 4.98 Å². The van der Waals surface area contributed by atoms with Gasteiger partial charge >= 0.3 is 0 Å². The summed E-state index contributed by atoms with van der Waals surface area (Å²) in [5, 5.41) is 14.9. The highest BCUT2D eigenvalue weighted by molar-refractivity contribution is 6.03. The second-order valence-electron chi connectivity index (χ2n) is 4.84. The lowest BCUT2D eigenvalue weighted by Crippen LogP contribution is -2.15. The SMILES string of the molecule is CC(C)Nc1ccc(C(=O)Nc2ccccc2C#N)nc1. The van der Waals surface area contributed by atoms with Crippen LogP contribution in [-0.4, -0.2) is 16.9 Å². The van der Waals surface area contributed by atoms with Crippen LogP contribution in [0, 0.1) is 11.3 Å². The van der Waals surface area contributed by atoms with Crippen LogP contribution in [0.1, 0.15) is 29.9 Å². The second-order valence-corrected chi connectivity index (χ2v) is 4.84. The number of carbonyl (C=O) groups is 1. The molecule has 0 atom stereocenters. The number of nitrogens with zero attached hydrogens (tertiary/aromatic N) is 2. The molecule has 0 spiro atoms. The van der Waals surface area contributed by atoms with E-state index in [2.05, 4.69) is 15.6 Å². The van der Waals surface area contributed by atoms with Gasteiger partial charge in [0.1, 0.15) is 11.8 Å². The van der Waals surface area contributed by atoms with Crippen LogP contribution in [0.4, 0.5) is 11.4 Å². The first-order valence-electron chi connectivity index (χ1n) is 6.63. The van der Waals surface area contributed by atoms with Gasteiger partial charge in [0.05, 0.1) is 23.1 Å². The van der Waals surface area contributed by atoms with Crippen LogP contribution in [0.5, 0.6) is 0 Å². The van der Waals surface area contributed by atoms with Gasteiger partial charge in [0.15, 0.2) is 0 Å². The van der Waals surface area contributed by atoms with Gasteiger partial charge in [0.25, 0.3) is 5.91 Å². The lowest BCUT2D eigenvalue weighted by molar-refractivity contribution is 0.102. The zero-order valence-corrected chi connectivity index (χ0v) is 11.9. The highest BCUT2D eigenvalue weighted by Crippen LogP contribution is 2.15. The maximum atomic E-state index is 12.1. The molecule has 2 rings (SSSR count). The summed E-state index contributed by atoms with van der Waals surface area (Å²) in [5.74, 6) is -0.339. The Labute approximate surface area is 123 Å². The van der Waals surface area contributed by atoms with Crippen LogP contribution in [-0.2, 0) is 0 Å². The van der Waals surface area contributed by atoms with E-state index < -0.39 is 0 Å². The van der Waals surface area contributed by atoms with Crippen molar-refractivity contribution in [2.24, 2.45) is 0 Å². The average Bonchev–Trinajstić information content (AvgIpc) is 2.48. The number of rotatable bonds is 4. The molecule has 2 aromatic rings. The lowest BCUT2D eigenvalue weighted by atomic mass is 10.2. The van der Waals surface area contributed by atoms with Gasteiger partial charge in [0, 0.05) is 6.04 Å². The largest absolute Gasteiger partial charge is 0.382 e. The van der Waals surface area contributed by atoms with Crippen molar-refractivity contribution in [1.29, 1.82) is 5.26 Å². The molecule has 21 heavy (non-hydrogen) atoms. The molecule has 0 saturated heterocycles. The quantitative estimate of drug-likeness (QED) is 0.902. The number of hydrogen-bond donors (Lipinski definition) is 2. The van der Waals surface area contributed by atoms with Crippen molar-refractivity contribution in [3.63, 3.8) is 0 Å². The topological polar surface area (TPSA) is 77.8 Å². The molecule has 5 heteroatoms. The number of hydrogen-bond acceptors (Lipinski definition) is 4. The number of nitrogens with one attached hydrogen (secondary N) is 2. The number of anilines is 2. The summed E-state index contributed by atoms with van der Waals surface area (Å²) in [5.41, 5.74) is 2.07. The molecule has 1 aromatic carbocycles. The highest BCUT2D eigenvalue weighted by atomic mass is 16.1. The lowest BCUT2D eigenvalue weighted by Gasteiger charge is -2.10. The number of nitriles is 1. The molecule has 0 aliphatic heterocycles. The van der Waals surface area contributed by atoms with Crippen LogP contribution in [0.3, 0.4) is 0 Å². The summed E-state index contributed by atoms with van der Waals surface area (Å²) in [6, 6.07) is 12.6. The molecule has 0 aliphatic carbocycles. The van der Waals surface area contributed by atoms with Crippen LogP contribution < -0.4 is 10.6 Å². The summed E-state index contributed by atoms with van der Waals surface area (Å²) < 4.78 is 0. The normalized spacial score (nSPS) is 10.0. The third-order valence-corrected chi connectivity index (χ3v) is 2.75. The van der Waals surface area contributed by atoms with Crippen molar-refractivity contribution < 1.29 is 4.79 Å². The predicted molar refractivity (Wildman–Crippen MR) is 82.1 cm³/mol. The fourth-order valence-electron chi connectivity index (χ4n) is 1.82. The van der Waals surface area contributed by atoms with E-state index in [9.17, 15) is 4.79 Å². The van der Waals surface area contributed by atoms with E-state index in [1.807, 2.05) is 19.9 Å². The Kier molecular flexibility index (Phi) is 4.52. The number of benzene rings is 1. The minimum absolute atomic E-state index is 0.300. The number of carbonyl (C=O) groups excluding carboxylic acids is 1. The van der Waals surface area contributed by atoms with Gasteiger partial charge in [-0.3, -0.25) is 4.79 Å². The van der Waals surface area contributed by atoms with E-state index >= 15 is 0 Å². The third-order valence-electron chi connectivity index (χ3n) is 2.75. The van der Waals surface area contributed by atoms with Crippen molar-refractivity contribution in [3.8, 4) is 6.07 Å². The molecule has 0 radical (unpaired) electrons. The summed E-state index contributed by atoms with van der Waals surface area (Å²) in [6.07, 6.45) is 1.62. The minimum Gasteiger partial charge on any atom is -0.382 e. The molecular weight excluding hydrogens is 264 g/mol. The molecule has 0 aliphatic rings. The Morgan fingerprint density at radius 1 is 1.24 bits per heavy atom. The zero-order valence-electron chi connectivity index (χ0n) is 11.9. The first kappa shape index (κ1) is 14.5. The van der Waals surface area contributed by atoms with Gasteiger partial charge in [-0.2, -0.15) is 5.26 Å². The standard InChI is InChI=1S/C16H16N4O/c1-11(2)19-13-7-8-15(18-10-13)16(21)20-14-6-4-3-5-12(14)9-17/h3-8,10-11,19H,1-2H3,(H,20,21). The molecule has 0 saturated carbocycles. The Balaban J connectivity index is 2.12. The number of amides is 1. The first-order chi connectivity index (χ1) is 10.1. The van der Waals surface area contributed by atoms with Gasteiger partial charge < -0.3 is 10.6 Å². The van der Waals surface area contributed by atoms with Gasteiger partial charge in [-0.25, -0.2) is 4.98 Å². The molecule has 106 valence electrons. The van der Waals surface area contributed by atoms with Crippen LogP contribution in [0.2, 0.25) is 0 Å². The molecule has 0 fully saturated rings. The van der Waals surface area contributed by atoms with Crippen LogP contribution in [0.15, 0.2) is 42.6 Å². The van der Waals surface area contributed by atoms with Gasteiger partial charge in [-0.1, -0.05) is 12.1 Å². The molecular formula is C16H16N4O. The maximum Gasteiger partial charge on any atom is 0.274 e. The number of pyridine rings is 1. The van der Waals surface area contributed by atoms with Gasteiger partial charge in [0.2, 0.25) is 0 Å². The van der Waals surface area contributed by atoms with E-state index in [0.29, 0.717) is 23.0 Å². The molecule has 0 bridgehead atoms. The van der Waals surface area contributed by atoms with Crippen LogP contribution in [0.25, 0.3) is 0 Å². The monoisotopic (exact) mass is 280 g/mol. The molecule has 1 aromatic heterocycles. The van der Waals surface area contributed by atoms with E-state index in [1.165, 1.54) is 0 Å². The van der Waals surface area contributed by atoms with Gasteiger partial charge in [-0.05, 0) is 38.1 Å². The maximum absolute atomic E-state index is 12.1. The molecule has 2 N–H and O–H groups in total. The smallest absolute Gasteiger partial charge is 0.274 e. The summed E-state index contributed by atoms with van der Waals surface area (Å²) in [4.78, 5) is 16.2. The first-order valence-corrected chi connectivity index (χ1v) is 6.63. The minimum atomic E-state index is -0.339. The van der Waals surface area contributed by atoms with Crippen molar-refractivity contribution in [2.45, 2.75) is 19.9 Å². The Morgan fingerprint density at radius 2 is 2.00 bits per heavy atom. The summed E-state index contributed by atoms with van der Waals surface area (Å²) in [6.45, 7) is 4.05. The summed E-state index contributed by atoms with van der Waals surface area (Å²) in [7, 11) is 0. The van der Waals surface area contributed by atoms with Crippen LogP contribution >= 0.6 is 0 Å². The molecule has 5 nitrogen and oxygen atoms in total. The third kappa shape index (κ3) is 3.80. The van der Waals surface area contributed by atoms with Gasteiger partial charge in [-0.15, -0.1) is 0 Å². The highest BCUT2D eigenvalue weighted by Gasteiger charge is 2.10. The molecule has 1 amide bonds. The summed E-state index contributed by atoms with van der Waals surface area (Å²) >= 11 is 0. The van der Waals surface area contributed by atoms with Crippen molar-refractivity contribution >= 4 is 17.3 Å². The number of aromatic nitrogens is 1. The Morgan fingerprint density at radius 3 is 2.62 bits per heavy atom. The molecule has 0 unspecified atom stereocenters. The molecule has 1 heterocycles. The Bertz CT molecular complexity index is 671. The fourth-order valence-corrected chi connectivity index (χ4v) is 1.82. The van der Waals surface area contributed by atoms with Crippen molar-refractivity contribution in [3.05, 3.63) is 53.9 Å².